The third-order valence-corrected chi connectivity index (χ3v) is 4.52. The summed E-state index contributed by atoms with van der Waals surface area (Å²) >= 11 is 6.20. The molecule has 2 aromatic carbocycles. The van der Waals surface area contributed by atoms with Crippen molar-refractivity contribution in [2.75, 3.05) is 45.1 Å². The third kappa shape index (κ3) is 3.84. The van der Waals surface area contributed by atoms with Gasteiger partial charge >= 0.3 is 0 Å². The van der Waals surface area contributed by atoms with Crippen molar-refractivity contribution in [1.82, 2.24) is 9.97 Å². The van der Waals surface area contributed by atoms with Crippen molar-refractivity contribution in [2.45, 2.75) is 6.92 Å². The van der Waals surface area contributed by atoms with Gasteiger partial charge in [-0.15, -0.1) is 0 Å². The summed E-state index contributed by atoms with van der Waals surface area (Å²) in [5.41, 5.74) is 2.39. The van der Waals surface area contributed by atoms with Crippen LogP contribution < -0.4 is 24.4 Å². The standard InChI is InChI=1S/C20H23ClN4O3/c1-6-28-19-9-14-12(7-16(19)25(2)3)20(23-11-22-14)24-15-10-17(26-4)13(21)8-18(15)27-5/h7-11H,6H2,1-5H3,(H,22,23,24). The number of rotatable bonds is 7. The first-order valence-corrected chi connectivity index (χ1v) is 9.13. The van der Waals surface area contributed by atoms with Crippen LogP contribution >= 0.6 is 11.6 Å². The molecular weight excluding hydrogens is 380 g/mol. The summed E-state index contributed by atoms with van der Waals surface area (Å²) in [6.07, 6.45) is 1.51. The van der Waals surface area contributed by atoms with Gasteiger partial charge in [0, 0.05) is 37.7 Å². The molecule has 1 aromatic heterocycles. The van der Waals surface area contributed by atoms with E-state index in [9.17, 15) is 0 Å². The Morgan fingerprint density at radius 2 is 1.75 bits per heavy atom. The van der Waals surface area contributed by atoms with Gasteiger partial charge in [-0.25, -0.2) is 9.97 Å². The van der Waals surface area contributed by atoms with Crippen molar-refractivity contribution in [2.24, 2.45) is 0 Å². The number of aromatic nitrogens is 2. The number of anilines is 3. The molecule has 3 aromatic rings. The number of hydrogen-bond donors (Lipinski definition) is 1. The summed E-state index contributed by atoms with van der Waals surface area (Å²) in [6.45, 7) is 2.53. The Labute approximate surface area is 169 Å². The Balaban J connectivity index is 2.13. The predicted molar refractivity (Wildman–Crippen MR) is 113 cm³/mol. The molecule has 1 N–H and O–H groups in total. The lowest BCUT2D eigenvalue weighted by atomic mass is 10.1. The second-order valence-corrected chi connectivity index (χ2v) is 6.61. The quantitative estimate of drug-likeness (QED) is 0.623. The molecule has 7 nitrogen and oxygen atoms in total. The topological polar surface area (TPSA) is 68.7 Å². The first-order valence-electron chi connectivity index (χ1n) is 8.75. The zero-order chi connectivity index (χ0) is 20.3. The molecule has 8 heteroatoms. The van der Waals surface area contributed by atoms with Gasteiger partial charge in [-0.1, -0.05) is 11.6 Å². The molecule has 0 bridgehead atoms. The van der Waals surface area contributed by atoms with E-state index < -0.39 is 0 Å². The first kappa shape index (κ1) is 19.8. The normalized spacial score (nSPS) is 10.6. The van der Waals surface area contributed by atoms with Gasteiger partial charge in [-0.2, -0.15) is 0 Å². The smallest absolute Gasteiger partial charge is 0.144 e. The summed E-state index contributed by atoms with van der Waals surface area (Å²) in [4.78, 5) is 10.8. The number of methoxy groups -OCH3 is 2. The highest BCUT2D eigenvalue weighted by Crippen LogP contribution is 2.39. The number of nitrogens with one attached hydrogen (secondary N) is 1. The van der Waals surface area contributed by atoms with Crippen LogP contribution in [0, 0.1) is 0 Å². The lowest BCUT2D eigenvalue weighted by molar-refractivity contribution is 0.341. The van der Waals surface area contributed by atoms with Crippen LogP contribution in [0.3, 0.4) is 0 Å². The summed E-state index contributed by atoms with van der Waals surface area (Å²) in [5.74, 6) is 2.53. The largest absolute Gasteiger partial charge is 0.495 e. The highest BCUT2D eigenvalue weighted by atomic mass is 35.5. The van der Waals surface area contributed by atoms with Crippen molar-refractivity contribution in [3.05, 3.63) is 35.6 Å². The van der Waals surface area contributed by atoms with Crippen molar-refractivity contribution in [3.63, 3.8) is 0 Å². The van der Waals surface area contributed by atoms with Crippen LogP contribution in [-0.4, -0.2) is 44.9 Å². The molecule has 148 valence electrons. The molecule has 0 amide bonds. The van der Waals surface area contributed by atoms with E-state index >= 15 is 0 Å². The average Bonchev–Trinajstić information content (AvgIpc) is 2.68. The third-order valence-electron chi connectivity index (χ3n) is 4.22. The minimum Gasteiger partial charge on any atom is -0.495 e. The van der Waals surface area contributed by atoms with Gasteiger partial charge in [0.05, 0.1) is 42.7 Å². The molecule has 28 heavy (non-hydrogen) atoms. The number of hydrogen-bond acceptors (Lipinski definition) is 7. The molecule has 0 atom stereocenters. The number of nitrogens with zero attached hydrogens (tertiary/aromatic N) is 3. The molecule has 0 saturated heterocycles. The van der Waals surface area contributed by atoms with Gasteiger partial charge in [-0.05, 0) is 13.0 Å². The van der Waals surface area contributed by atoms with Crippen LogP contribution in [-0.2, 0) is 0 Å². The molecule has 0 radical (unpaired) electrons. The average molecular weight is 403 g/mol. The molecular formula is C20H23ClN4O3. The van der Waals surface area contributed by atoms with Gasteiger partial charge in [0.1, 0.15) is 29.4 Å². The molecule has 1 heterocycles. The van der Waals surface area contributed by atoms with E-state index in [-0.39, 0.29) is 0 Å². The number of fused-ring (bicyclic) bond motifs is 1. The summed E-state index contributed by atoms with van der Waals surface area (Å²) in [6, 6.07) is 7.39. The van der Waals surface area contributed by atoms with E-state index in [2.05, 4.69) is 15.3 Å². The molecule has 0 aliphatic rings. The maximum Gasteiger partial charge on any atom is 0.144 e. The van der Waals surface area contributed by atoms with Gasteiger partial charge in [0.25, 0.3) is 0 Å². The van der Waals surface area contributed by atoms with Crippen LogP contribution in [0.2, 0.25) is 5.02 Å². The van der Waals surface area contributed by atoms with Crippen LogP contribution in [0.4, 0.5) is 17.2 Å². The Morgan fingerprint density at radius 3 is 2.39 bits per heavy atom. The van der Waals surface area contributed by atoms with E-state index in [0.717, 1.165) is 22.3 Å². The fourth-order valence-corrected chi connectivity index (χ4v) is 3.11. The lowest BCUT2D eigenvalue weighted by Gasteiger charge is -2.19. The van der Waals surface area contributed by atoms with E-state index in [1.807, 2.05) is 38.1 Å². The monoisotopic (exact) mass is 402 g/mol. The number of benzene rings is 2. The van der Waals surface area contributed by atoms with Crippen molar-refractivity contribution < 1.29 is 14.2 Å². The minimum absolute atomic E-state index is 0.466. The van der Waals surface area contributed by atoms with Crippen molar-refractivity contribution in [3.8, 4) is 17.2 Å². The second kappa shape index (κ2) is 8.39. The molecule has 0 saturated carbocycles. The van der Waals surface area contributed by atoms with Gasteiger partial charge in [-0.3, -0.25) is 0 Å². The fourth-order valence-electron chi connectivity index (χ4n) is 2.88. The minimum atomic E-state index is 0.466. The van der Waals surface area contributed by atoms with Gasteiger partial charge in [0.2, 0.25) is 0 Å². The number of ether oxygens (including phenoxy) is 3. The molecule has 0 aliphatic heterocycles. The van der Waals surface area contributed by atoms with Gasteiger partial charge in [0.15, 0.2) is 0 Å². The molecule has 0 unspecified atom stereocenters. The maximum atomic E-state index is 6.20. The maximum absolute atomic E-state index is 6.20. The SMILES string of the molecule is CCOc1cc2ncnc(Nc3cc(OC)c(Cl)cc3OC)c2cc1N(C)C. The second-order valence-electron chi connectivity index (χ2n) is 6.20. The molecule has 0 aliphatic carbocycles. The summed E-state index contributed by atoms with van der Waals surface area (Å²) in [7, 11) is 7.08. The Morgan fingerprint density at radius 1 is 1.00 bits per heavy atom. The van der Waals surface area contributed by atoms with Crippen LogP contribution in [0.25, 0.3) is 10.9 Å². The van der Waals surface area contributed by atoms with E-state index in [1.54, 1.807) is 26.4 Å². The zero-order valence-corrected chi connectivity index (χ0v) is 17.3. The Bertz CT molecular complexity index is 995. The zero-order valence-electron chi connectivity index (χ0n) is 16.5. The fraction of sp³-hybridized carbons (Fsp3) is 0.300. The van der Waals surface area contributed by atoms with E-state index in [1.165, 1.54) is 6.33 Å². The van der Waals surface area contributed by atoms with Crippen LogP contribution in [0.5, 0.6) is 17.2 Å². The number of halogens is 1. The molecule has 0 fully saturated rings. The Kier molecular flexibility index (Phi) is 5.94. The van der Waals surface area contributed by atoms with E-state index in [4.69, 9.17) is 25.8 Å². The van der Waals surface area contributed by atoms with Crippen molar-refractivity contribution in [1.29, 1.82) is 0 Å². The van der Waals surface area contributed by atoms with Gasteiger partial charge < -0.3 is 24.4 Å². The highest BCUT2D eigenvalue weighted by Gasteiger charge is 2.15. The predicted octanol–water partition coefficient (Wildman–Crippen LogP) is 4.51. The molecule has 0 spiro atoms. The van der Waals surface area contributed by atoms with Crippen molar-refractivity contribution >= 4 is 39.7 Å². The Hall–Kier alpha value is -2.93. The first-order chi connectivity index (χ1) is 13.5. The van der Waals surface area contributed by atoms with Crippen LogP contribution in [0.15, 0.2) is 30.6 Å². The van der Waals surface area contributed by atoms with Crippen LogP contribution in [0.1, 0.15) is 6.92 Å². The summed E-state index contributed by atoms with van der Waals surface area (Å²) < 4.78 is 16.5. The lowest BCUT2D eigenvalue weighted by Crippen LogP contribution is -2.11. The van der Waals surface area contributed by atoms with E-state index in [0.29, 0.717) is 34.6 Å². The molecule has 3 rings (SSSR count). The highest BCUT2D eigenvalue weighted by molar-refractivity contribution is 6.32. The summed E-state index contributed by atoms with van der Waals surface area (Å²) in [5, 5.41) is 4.63.